The van der Waals surface area contributed by atoms with Gasteiger partial charge < -0.3 is 15.2 Å². The van der Waals surface area contributed by atoms with Gasteiger partial charge in [-0.15, -0.1) is 0 Å². The molecular weight excluding hydrogens is 354 g/mol. The first kappa shape index (κ1) is 20.1. The molecule has 0 aliphatic carbocycles. The quantitative estimate of drug-likeness (QED) is 0.352. The summed E-state index contributed by atoms with van der Waals surface area (Å²) in [6, 6.07) is -1.17. The lowest BCUT2D eigenvalue weighted by Gasteiger charge is -2.10. The van der Waals surface area contributed by atoms with Gasteiger partial charge in [-0.25, -0.2) is 14.6 Å². The number of carboxylic acid groups (broad SMARTS) is 1. The van der Waals surface area contributed by atoms with E-state index in [1.54, 1.807) is 0 Å². The molecule has 4 N–H and O–H groups in total. The van der Waals surface area contributed by atoms with Crippen molar-refractivity contribution in [2.75, 3.05) is 0 Å². The maximum absolute atomic E-state index is 12.0. The number of aromatic hydroxyl groups is 1. The van der Waals surface area contributed by atoms with Crippen LogP contribution in [0.25, 0.3) is 0 Å². The summed E-state index contributed by atoms with van der Waals surface area (Å²) < 4.78 is 1.06. The average molecular weight is 377 g/mol. The third-order valence-electron chi connectivity index (χ3n) is 4.08. The largest absolute Gasteiger partial charge is 0.494 e. The standard InChI is InChI=1S/C17H23N5O5/c1-2-3-4-5-6-22-15(24)12(14(23)21-17(22)27)9-19-13(16(25)26)7-11-8-18-10-20-11/h8-10,13,24H,2-7H2,1H3,(H,18,20)(H,25,26)(H,21,23,27)/t13-/m0/s1. The summed E-state index contributed by atoms with van der Waals surface area (Å²) >= 11 is 0. The molecule has 10 heteroatoms. The van der Waals surface area contributed by atoms with Crippen LogP contribution >= 0.6 is 0 Å². The zero-order chi connectivity index (χ0) is 19.8. The Hall–Kier alpha value is -3.17. The van der Waals surface area contributed by atoms with Gasteiger partial charge in [0, 0.05) is 31.1 Å². The van der Waals surface area contributed by atoms with Gasteiger partial charge in [-0.1, -0.05) is 26.2 Å². The molecule has 2 heterocycles. The molecule has 0 radical (unpaired) electrons. The average Bonchev–Trinajstić information content (AvgIpc) is 3.12. The van der Waals surface area contributed by atoms with Crippen molar-refractivity contribution in [1.29, 1.82) is 0 Å². The topological polar surface area (TPSA) is 153 Å². The highest BCUT2D eigenvalue weighted by molar-refractivity contribution is 5.85. The Morgan fingerprint density at radius 2 is 2.15 bits per heavy atom. The predicted molar refractivity (Wildman–Crippen MR) is 98.4 cm³/mol. The molecule has 146 valence electrons. The highest BCUT2D eigenvalue weighted by Crippen LogP contribution is 2.11. The second-order valence-electron chi connectivity index (χ2n) is 6.12. The van der Waals surface area contributed by atoms with Crippen LogP contribution < -0.4 is 11.2 Å². The van der Waals surface area contributed by atoms with E-state index in [2.05, 4.69) is 26.9 Å². The van der Waals surface area contributed by atoms with Crippen LogP contribution in [0.1, 0.15) is 43.9 Å². The van der Waals surface area contributed by atoms with Gasteiger partial charge in [-0.3, -0.25) is 19.3 Å². The number of unbranched alkanes of at least 4 members (excludes halogenated alkanes) is 3. The molecule has 0 aliphatic rings. The molecule has 0 saturated heterocycles. The summed E-state index contributed by atoms with van der Waals surface area (Å²) in [4.78, 5) is 47.9. The van der Waals surface area contributed by atoms with Crippen molar-refractivity contribution in [3.63, 3.8) is 0 Å². The minimum atomic E-state index is -1.19. The number of imidazole rings is 1. The Balaban J connectivity index is 2.25. The maximum Gasteiger partial charge on any atom is 0.331 e. The highest BCUT2D eigenvalue weighted by atomic mass is 16.4. The van der Waals surface area contributed by atoms with E-state index in [1.165, 1.54) is 12.5 Å². The molecule has 1 atom stereocenters. The van der Waals surface area contributed by atoms with E-state index in [9.17, 15) is 24.6 Å². The lowest BCUT2D eigenvalue weighted by Crippen LogP contribution is -2.32. The van der Waals surface area contributed by atoms with Crippen molar-refractivity contribution in [1.82, 2.24) is 19.5 Å². The summed E-state index contributed by atoms with van der Waals surface area (Å²) in [7, 11) is 0. The van der Waals surface area contributed by atoms with Crippen LogP contribution in [0.15, 0.2) is 27.1 Å². The number of aliphatic imine (C=N–C) groups is 1. The summed E-state index contributed by atoms with van der Waals surface area (Å²) in [5, 5.41) is 19.6. The summed E-state index contributed by atoms with van der Waals surface area (Å²) in [6.45, 7) is 2.30. The molecule has 2 aromatic heterocycles. The zero-order valence-electron chi connectivity index (χ0n) is 15.0. The SMILES string of the molecule is CCCCCCn1c(O)c(C=N[C@@H](Cc2cnc[nH]2)C(=O)O)c(=O)[nH]c1=O. The molecule has 2 aromatic rings. The fraction of sp³-hybridized carbons (Fsp3) is 0.471. The zero-order valence-corrected chi connectivity index (χ0v) is 15.0. The lowest BCUT2D eigenvalue weighted by atomic mass is 10.2. The summed E-state index contributed by atoms with van der Waals surface area (Å²) in [5.74, 6) is -1.71. The fourth-order valence-corrected chi connectivity index (χ4v) is 2.57. The van der Waals surface area contributed by atoms with Gasteiger partial charge >= 0.3 is 11.7 Å². The Bertz CT molecular complexity index is 897. The van der Waals surface area contributed by atoms with Gasteiger partial charge in [0.25, 0.3) is 5.56 Å². The number of hydrogen-bond acceptors (Lipinski definition) is 6. The molecule has 0 aliphatic heterocycles. The van der Waals surface area contributed by atoms with Gasteiger partial charge in [-0.05, 0) is 6.42 Å². The smallest absolute Gasteiger partial charge is 0.331 e. The van der Waals surface area contributed by atoms with Crippen LogP contribution in [-0.2, 0) is 17.8 Å². The fourth-order valence-electron chi connectivity index (χ4n) is 2.57. The van der Waals surface area contributed by atoms with Crippen LogP contribution in [0.2, 0.25) is 0 Å². The molecule has 10 nitrogen and oxygen atoms in total. The predicted octanol–water partition coefficient (Wildman–Crippen LogP) is 0.660. The molecule has 0 bridgehead atoms. The van der Waals surface area contributed by atoms with E-state index in [-0.39, 0.29) is 18.5 Å². The summed E-state index contributed by atoms with van der Waals surface area (Å²) in [5.41, 5.74) is -1.21. The first-order valence-electron chi connectivity index (χ1n) is 8.73. The Kier molecular flexibility index (Phi) is 7.09. The van der Waals surface area contributed by atoms with Gasteiger partial charge in [0.2, 0.25) is 5.88 Å². The minimum Gasteiger partial charge on any atom is -0.494 e. The molecule has 0 aromatic carbocycles. The molecule has 0 spiro atoms. The number of aromatic amines is 2. The molecule has 0 saturated carbocycles. The molecule has 0 unspecified atom stereocenters. The van der Waals surface area contributed by atoms with Crippen molar-refractivity contribution in [3.8, 4) is 5.88 Å². The molecule has 0 amide bonds. The molecule has 2 rings (SSSR count). The van der Waals surface area contributed by atoms with E-state index in [1.807, 2.05) is 0 Å². The normalized spacial score (nSPS) is 12.5. The van der Waals surface area contributed by atoms with Crippen molar-refractivity contribution in [2.45, 2.75) is 51.6 Å². The van der Waals surface area contributed by atoms with Crippen molar-refractivity contribution in [3.05, 3.63) is 44.6 Å². The second kappa shape index (κ2) is 9.51. The van der Waals surface area contributed by atoms with Gasteiger partial charge in [0.1, 0.15) is 5.56 Å². The molecular formula is C17H23N5O5. The first-order valence-corrected chi connectivity index (χ1v) is 8.73. The number of hydrogen-bond donors (Lipinski definition) is 4. The Morgan fingerprint density at radius 3 is 2.78 bits per heavy atom. The first-order chi connectivity index (χ1) is 12.9. The van der Waals surface area contributed by atoms with E-state index in [0.717, 1.165) is 30.0 Å². The van der Waals surface area contributed by atoms with E-state index >= 15 is 0 Å². The monoisotopic (exact) mass is 377 g/mol. The van der Waals surface area contributed by atoms with Gasteiger partial charge in [-0.2, -0.15) is 0 Å². The van der Waals surface area contributed by atoms with Crippen LogP contribution in [0.3, 0.4) is 0 Å². The third-order valence-corrected chi connectivity index (χ3v) is 4.08. The molecule has 0 fully saturated rings. The maximum atomic E-state index is 12.0. The number of aliphatic carboxylic acids is 1. The third kappa shape index (κ3) is 5.40. The number of nitrogens with zero attached hydrogens (tertiary/aromatic N) is 3. The van der Waals surface area contributed by atoms with Crippen molar-refractivity contribution < 1.29 is 15.0 Å². The number of nitrogens with one attached hydrogen (secondary N) is 2. The van der Waals surface area contributed by atoms with Gasteiger partial charge in [0.05, 0.1) is 6.33 Å². The number of carboxylic acids is 1. The lowest BCUT2D eigenvalue weighted by molar-refractivity contribution is -0.138. The highest BCUT2D eigenvalue weighted by Gasteiger charge is 2.18. The van der Waals surface area contributed by atoms with Crippen LogP contribution in [0.5, 0.6) is 5.88 Å². The van der Waals surface area contributed by atoms with Crippen molar-refractivity contribution >= 4 is 12.2 Å². The second-order valence-corrected chi connectivity index (χ2v) is 6.12. The molecule has 27 heavy (non-hydrogen) atoms. The minimum absolute atomic E-state index is 0.0428. The number of aromatic nitrogens is 4. The van der Waals surface area contributed by atoms with E-state index in [0.29, 0.717) is 12.1 Å². The van der Waals surface area contributed by atoms with Crippen LogP contribution in [0.4, 0.5) is 0 Å². The number of H-pyrrole nitrogens is 2. The van der Waals surface area contributed by atoms with Crippen molar-refractivity contribution in [2.24, 2.45) is 4.99 Å². The van der Waals surface area contributed by atoms with E-state index in [4.69, 9.17) is 0 Å². The Labute approximate surface area is 154 Å². The number of carbonyl (C=O) groups is 1. The van der Waals surface area contributed by atoms with E-state index < -0.39 is 29.1 Å². The number of rotatable bonds is 10. The van der Waals surface area contributed by atoms with Gasteiger partial charge in [0.15, 0.2) is 6.04 Å². The van der Waals surface area contributed by atoms with Crippen LogP contribution in [0, 0.1) is 0 Å². The summed E-state index contributed by atoms with van der Waals surface area (Å²) in [6.07, 6.45) is 7.51. The van der Waals surface area contributed by atoms with Crippen LogP contribution in [-0.4, -0.2) is 48.0 Å². The Morgan fingerprint density at radius 1 is 1.37 bits per heavy atom.